The number of pyridine rings is 2. The Labute approximate surface area is 190 Å². The lowest BCUT2D eigenvalue weighted by atomic mass is 9.99. The summed E-state index contributed by atoms with van der Waals surface area (Å²) in [6.07, 6.45) is 3.61. The van der Waals surface area contributed by atoms with Gasteiger partial charge in [-0.3, -0.25) is 9.69 Å². The van der Waals surface area contributed by atoms with Gasteiger partial charge in [-0.2, -0.15) is 4.98 Å². The van der Waals surface area contributed by atoms with Gasteiger partial charge in [0.15, 0.2) is 17.0 Å². The fourth-order valence-corrected chi connectivity index (χ4v) is 5.52. The molecule has 168 valence electrons. The van der Waals surface area contributed by atoms with Gasteiger partial charge in [0.1, 0.15) is 16.8 Å². The van der Waals surface area contributed by atoms with Gasteiger partial charge in [0, 0.05) is 37.3 Å². The number of urea groups is 1. The number of ether oxygens (including phenoxy) is 1. The number of aromatic nitrogens is 3. The molecule has 2 aliphatic heterocycles. The van der Waals surface area contributed by atoms with Crippen molar-refractivity contribution in [3.63, 3.8) is 0 Å². The lowest BCUT2D eigenvalue weighted by molar-refractivity contribution is -0.150. The van der Waals surface area contributed by atoms with Crippen LogP contribution in [0.25, 0.3) is 21.4 Å². The molecule has 4 aromatic rings. The zero-order valence-corrected chi connectivity index (χ0v) is 18.0. The van der Waals surface area contributed by atoms with Crippen LogP contribution < -0.4 is 10.5 Å². The number of hydrogen-bond acceptors (Lipinski definition) is 9. The van der Waals surface area contributed by atoms with Crippen LogP contribution >= 0.6 is 11.3 Å². The molecule has 0 aromatic carbocycles. The third-order valence-corrected chi connectivity index (χ3v) is 7.14. The third kappa shape index (κ3) is 3.17. The molecule has 11 nitrogen and oxygen atoms in total. The van der Waals surface area contributed by atoms with E-state index in [0.29, 0.717) is 46.4 Å². The molecule has 3 N–H and O–H groups in total. The predicted molar refractivity (Wildman–Crippen MR) is 117 cm³/mol. The first kappa shape index (κ1) is 19.9. The highest BCUT2D eigenvalue weighted by Crippen LogP contribution is 2.41. The molecule has 33 heavy (non-hydrogen) atoms. The van der Waals surface area contributed by atoms with Crippen molar-refractivity contribution in [3.05, 3.63) is 42.4 Å². The minimum atomic E-state index is -1.17. The Morgan fingerprint density at radius 3 is 3.03 bits per heavy atom. The van der Waals surface area contributed by atoms with Crippen LogP contribution in [-0.2, 0) is 11.3 Å². The average Bonchev–Trinajstić information content (AvgIpc) is 3.53. The molecular weight excluding hydrogens is 448 g/mol. The summed E-state index contributed by atoms with van der Waals surface area (Å²) in [7, 11) is 0. The van der Waals surface area contributed by atoms with Crippen LogP contribution in [0.5, 0.6) is 10.9 Å². The smallest absolute Gasteiger partial charge is 0.326 e. The first-order chi connectivity index (χ1) is 15.9. The summed E-state index contributed by atoms with van der Waals surface area (Å²) in [6, 6.07) is 6.47. The van der Waals surface area contributed by atoms with Crippen molar-refractivity contribution in [1.29, 1.82) is 0 Å². The molecule has 0 saturated carbocycles. The summed E-state index contributed by atoms with van der Waals surface area (Å²) < 4.78 is 12.7. The standard InChI is InChI=1S/C21H18N6O5S/c22-19(30)27-10-21(18(28)29)6-11(27)8-26(21)9-13-4-14-15(31-13)5-12(7-24-14)32-20-25-17-16(33-20)2-1-3-23-17/h1-5,7,11H,6,8-10H2,(H2,22,30)(H,28,29)/t11-,21?/m0/s1. The fraction of sp³-hybridized carbons (Fsp3) is 0.286. The lowest BCUT2D eigenvalue weighted by Crippen LogP contribution is -2.59. The number of carbonyl (C=O) groups is 2. The van der Waals surface area contributed by atoms with Crippen LogP contribution in [-0.4, -0.2) is 66.5 Å². The van der Waals surface area contributed by atoms with Gasteiger partial charge in [-0.1, -0.05) is 11.3 Å². The Balaban J connectivity index is 1.23. The average molecular weight is 466 g/mol. The molecule has 2 amide bonds. The number of piperazine rings is 1. The second kappa shape index (κ2) is 7.12. The summed E-state index contributed by atoms with van der Waals surface area (Å²) in [6.45, 7) is 0.765. The Hall–Kier alpha value is -3.77. The van der Waals surface area contributed by atoms with Crippen molar-refractivity contribution in [2.75, 3.05) is 13.1 Å². The largest absolute Gasteiger partial charge is 0.480 e. The third-order valence-electron chi connectivity index (χ3n) is 6.26. The number of amides is 2. The van der Waals surface area contributed by atoms with Crippen molar-refractivity contribution >= 4 is 44.8 Å². The van der Waals surface area contributed by atoms with E-state index in [9.17, 15) is 14.7 Å². The molecule has 4 aromatic heterocycles. The number of fused-ring (bicyclic) bond motifs is 4. The Kier molecular flexibility index (Phi) is 4.29. The van der Waals surface area contributed by atoms with Gasteiger partial charge in [0.05, 0.1) is 24.0 Å². The first-order valence-electron chi connectivity index (χ1n) is 10.2. The van der Waals surface area contributed by atoms with Gasteiger partial charge in [-0.05, 0) is 12.1 Å². The number of likely N-dealkylation sites (tertiary alicyclic amines) is 2. The highest BCUT2D eigenvalue weighted by molar-refractivity contribution is 7.20. The molecule has 2 fully saturated rings. The fourth-order valence-electron chi connectivity index (χ4n) is 4.73. The maximum Gasteiger partial charge on any atom is 0.326 e. The van der Waals surface area contributed by atoms with Crippen molar-refractivity contribution < 1.29 is 23.8 Å². The number of rotatable bonds is 5. The molecule has 6 heterocycles. The Morgan fingerprint density at radius 2 is 2.24 bits per heavy atom. The molecule has 1 unspecified atom stereocenters. The number of carboxylic acid groups (broad SMARTS) is 1. The molecule has 2 saturated heterocycles. The van der Waals surface area contributed by atoms with E-state index in [1.807, 2.05) is 17.0 Å². The van der Waals surface area contributed by atoms with Crippen molar-refractivity contribution in [3.8, 4) is 10.9 Å². The SMILES string of the molecule is NC(=O)N1CC2(C(=O)O)C[C@H]1CN2Cc1cc2ncc(Oc3nc4ncccc4s3)cc2o1. The predicted octanol–water partition coefficient (Wildman–Crippen LogP) is 2.42. The maximum atomic E-state index is 12.1. The quantitative estimate of drug-likeness (QED) is 0.452. The van der Waals surface area contributed by atoms with Gasteiger partial charge in [0.25, 0.3) is 5.19 Å². The van der Waals surface area contributed by atoms with E-state index >= 15 is 0 Å². The van der Waals surface area contributed by atoms with Crippen LogP contribution in [0.15, 0.2) is 41.1 Å². The van der Waals surface area contributed by atoms with Crippen molar-refractivity contribution in [1.82, 2.24) is 24.8 Å². The van der Waals surface area contributed by atoms with E-state index in [1.165, 1.54) is 16.2 Å². The van der Waals surface area contributed by atoms with E-state index in [1.54, 1.807) is 24.5 Å². The highest BCUT2D eigenvalue weighted by atomic mass is 32.1. The second-order valence-electron chi connectivity index (χ2n) is 8.22. The Bertz CT molecular complexity index is 1390. The summed E-state index contributed by atoms with van der Waals surface area (Å²) >= 11 is 1.38. The summed E-state index contributed by atoms with van der Waals surface area (Å²) in [4.78, 5) is 40.0. The topological polar surface area (TPSA) is 148 Å². The molecule has 0 spiro atoms. The van der Waals surface area contributed by atoms with E-state index in [2.05, 4.69) is 15.0 Å². The highest BCUT2D eigenvalue weighted by Gasteiger charge is 2.60. The molecule has 2 atom stereocenters. The Morgan fingerprint density at radius 1 is 1.36 bits per heavy atom. The van der Waals surface area contributed by atoms with Crippen LogP contribution in [0.3, 0.4) is 0 Å². The summed E-state index contributed by atoms with van der Waals surface area (Å²) in [5, 5.41) is 10.4. The van der Waals surface area contributed by atoms with Gasteiger partial charge < -0.3 is 24.9 Å². The first-order valence-corrected chi connectivity index (χ1v) is 11.1. The number of primary amides is 1. The van der Waals surface area contributed by atoms with Crippen LogP contribution in [0.2, 0.25) is 0 Å². The van der Waals surface area contributed by atoms with Gasteiger partial charge in [-0.15, -0.1) is 0 Å². The van der Waals surface area contributed by atoms with Crippen molar-refractivity contribution in [2.24, 2.45) is 5.73 Å². The number of carbonyl (C=O) groups excluding carboxylic acids is 1. The second-order valence-corrected chi connectivity index (χ2v) is 9.21. The van der Waals surface area contributed by atoms with E-state index in [-0.39, 0.29) is 19.1 Å². The minimum absolute atomic E-state index is 0.0653. The number of aliphatic carboxylic acids is 1. The summed E-state index contributed by atoms with van der Waals surface area (Å²) in [5.41, 5.74) is 6.02. The molecule has 2 bridgehead atoms. The normalized spacial score (nSPS) is 22.4. The van der Waals surface area contributed by atoms with E-state index < -0.39 is 17.5 Å². The zero-order chi connectivity index (χ0) is 22.7. The lowest BCUT2D eigenvalue weighted by Gasteiger charge is -2.38. The molecule has 0 radical (unpaired) electrons. The van der Waals surface area contributed by atoms with E-state index in [0.717, 1.165) is 4.70 Å². The number of hydrogen-bond donors (Lipinski definition) is 2. The minimum Gasteiger partial charge on any atom is -0.480 e. The number of furan rings is 1. The molecule has 0 aliphatic carbocycles. The van der Waals surface area contributed by atoms with Gasteiger partial charge >= 0.3 is 12.0 Å². The van der Waals surface area contributed by atoms with Crippen LogP contribution in [0, 0.1) is 0 Å². The molecule has 12 heteroatoms. The molecule has 6 rings (SSSR count). The number of nitrogens with zero attached hydrogens (tertiary/aromatic N) is 5. The number of nitrogens with two attached hydrogens (primary N) is 1. The monoisotopic (exact) mass is 466 g/mol. The number of thiazole rings is 1. The van der Waals surface area contributed by atoms with Crippen LogP contribution in [0.4, 0.5) is 4.79 Å². The number of carboxylic acids is 1. The zero-order valence-electron chi connectivity index (χ0n) is 17.2. The van der Waals surface area contributed by atoms with Crippen LogP contribution in [0.1, 0.15) is 12.2 Å². The van der Waals surface area contributed by atoms with E-state index in [4.69, 9.17) is 14.9 Å². The molecule has 2 aliphatic rings. The molecular formula is C21H18N6O5S. The summed E-state index contributed by atoms with van der Waals surface area (Å²) in [5.74, 6) is 0.0865. The van der Waals surface area contributed by atoms with Gasteiger partial charge in [-0.25, -0.2) is 14.8 Å². The maximum absolute atomic E-state index is 12.1. The van der Waals surface area contributed by atoms with Crippen molar-refractivity contribution in [2.45, 2.75) is 24.5 Å². The van der Waals surface area contributed by atoms with Gasteiger partial charge in [0.2, 0.25) is 0 Å².